The van der Waals surface area contributed by atoms with Crippen LogP contribution in [-0.2, 0) is 9.47 Å². The molecule has 2 aliphatic carbocycles. The number of ether oxygens (including phenoxy) is 2. The van der Waals surface area contributed by atoms with Crippen molar-refractivity contribution in [2.45, 2.75) is 69.6 Å². The minimum atomic E-state index is 0.129. The molecule has 3 heteroatoms. The van der Waals surface area contributed by atoms with Crippen LogP contribution in [0.15, 0.2) is 0 Å². The molecule has 2 fully saturated rings. The number of hydrogen-bond acceptors (Lipinski definition) is 2. The van der Waals surface area contributed by atoms with E-state index in [-0.39, 0.29) is 17.6 Å². The molecule has 94 valence electrons. The van der Waals surface area contributed by atoms with Crippen LogP contribution >= 0.6 is 11.6 Å². The SMILES string of the molecule is CCOC1C(Cl)CC1OC1CCCC(C)C1. The molecule has 0 saturated heterocycles. The molecule has 5 unspecified atom stereocenters. The summed E-state index contributed by atoms with van der Waals surface area (Å²) in [6, 6.07) is 0. The van der Waals surface area contributed by atoms with Crippen LogP contribution in [0.4, 0.5) is 0 Å². The molecule has 0 amide bonds. The van der Waals surface area contributed by atoms with E-state index in [9.17, 15) is 0 Å². The van der Waals surface area contributed by atoms with E-state index < -0.39 is 0 Å². The summed E-state index contributed by atoms with van der Waals surface area (Å²) in [6.45, 7) is 5.07. The fourth-order valence-electron chi connectivity index (χ4n) is 2.81. The van der Waals surface area contributed by atoms with Crippen LogP contribution in [0.5, 0.6) is 0 Å². The van der Waals surface area contributed by atoms with Crippen LogP contribution in [0, 0.1) is 5.92 Å². The van der Waals surface area contributed by atoms with E-state index in [1.54, 1.807) is 0 Å². The zero-order valence-corrected chi connectivity index (χ0v) is 11.1. The van der Waals surface area contributed by atoms with Crippen LogP contribution in [0.3, 0.4) is 0 Å². The monoisotopic (exact) mass is 246 g/mol. The van der Waals surface area contributed by atoms with Gasteiger partial charge in [-0.05, 0) is 32.1 Å². The zero-order valence-electron chi connectivity index (χ0n) is 10.3. The third kappa shape index (κ3) is 2.91. The van der Waals surface area contributed by atoms with Crippen molar-refractivity contribution in [3.63, 3.8) is 0 Å². The van der Waals surface area contributed by atoms with Crippen LogP contribution < -0.4 is 0 Å². The number of halogens is 1. The number of hydrogen-bond donors (Lipinski definition) is 0. The Morgan fingerprint density at radius 1 is 1.25 bits per heavy atom. The molecule has 0 spiro atoms. The molecule has 0 aromatic carbocycles. The molecule has 2 rings (SSSR count). The summed E-state index contributed by atoms with van der Waals surface area (Å²) in [6.07, 6.45) is 6.87. The largest absolute Gasteiger partial charge is 0.374 e. The summed E-state index contributed by atoms with van der Waals surface area (Å²) in [7, 11) is 0. The Labute approximate surface area is 104 Å². The Morgan fingerprint density at radius 3 is 2.69 bits per heavy atom. The summed E-state index contributed by atoms with van der Waals surface area (Å²) in [5.74, 6) is 0.816. The van der Waals surface area contributed by atoms with Crippen LogP contribution in [-0.4, -0.2) is 30.3 Å². The van der Waals surface area contributed by atoms with Gasteiger partial charge < -0.3 is 9.47 Å². The molecule has 2 aliphatic rings. The van der Waals surface area contributed by atoms with Crippen molar-refractivity contribution in [1.29, 1.82) is 0 Å². The Hall–Kier alpha value is 0.210. The van der Waals surface area contributed by atoms with E-state index in [1.807, 2.05) is 6.92 Å². The van der Waals surface area contributed by atoms with E-state index in [2.05, 4.69) is 6.92 Å². The summed E-state index contributed by atoms with van der Waals surface area (Å²) < 4.78 is 11.7. The Bertz CT molecular complexity index is 222. The molecule has 0 aliphatic heterocycles. The van der Waals surface area contributed by atoms with Crippen LogP contribution in [0.2, 0.25) is 0 Å². The average molecular weight is 247 g/mol. The van der Waals surface area contributed by atoms with Crippen LogP contribution in [0.1, 0.15) is 46.0 Å². The molecule has 0 bridgehead atoms. The Kier molecular flexibility index (Phi) is 4.51. The summed E-state index contributed by atoms with van der Waals surface area (Å²) in [5, 5.41) is 0.158. The first-order valence-electron chi connectivity index (χ1n) is 6.61. The average Bonchev–Trinajstić information content (AvgIpc) is 2.26. The van der Waals surface area contributed by atoms with Crippen molar-refractivity contribution < 1.29 is 9.47 Å². The molecule has 2 saturated carbocycles. The zero-order chi connectivity index (χ0) is 11.5. The van der Waals surface area contributed by atoms with Crippen molar-refractivity contribution in [2.75, 3.05) is 6.61 Å². The maximum atomic E-state index is 6.13. The lowest BCUT2D eigenvalue weighted by Gasteiger charge is -2.43. The summed E-state index contributed by atoms with van der Waals surface area (Å²) in [5.41, 5.74) is 0. The predicted octanol–water partition coefficient (Wildman–Crippen LogP) is 3.37. The molecule has 5 atom stereocenters. The first-order chi connectivity index (χ1) is 7.70. The van der Waals surface area contributed by atoms with Gasteiger partial charge in [-0.15, -0.1) is 11.6 Å². The molecule has 0 radical (unpaired) electrons. The highest BCUT2D eigenvalue weighted by atomic mass is 35.5. The van der Waals surface area contributed by atoms with Gasteiger partial charge in [0.05, 0.1) is 17.6 Å². The van der Waals surface area contributed by atoms with E-state index in [1.165, 1.54) is 25.7 Å². The lowest BCUT2D eigenvalue weighted by atomic mass is 9.86. The molecule has 16 heavy (non-hydrogen) atoms. The maximum absolute atomic E-state index is 6.13. The molecule has 0 heterocycles. The van der Waals surface area contributed by atoms with Gasteiger partial charge in [0.2, 0.25) is 0 Å². The highest BCUT2D eigenvalue weighted by Gasteiger charge is 2.43. The van der Waals surface area contributed by atoms with Crippen molar-refractivity contribution in [2.24, 2.45) is 5.92 Å². The highest BCUT2D eigenvalue weighted by molar-refractivity contribution is 6.21. The van der Waals surface area contributed by atoms with Gasteiger partial charge in [0, 0.05) is 6.61 Å². The normalized spacial score (nSPS) is 44.1. The van der Waals surface area contributed by atoms with Crippen molar-refractivity contribution in [3.8, 4) is 0 Å². The minimum absolute atomic E-state index is 0.129. The van der Waals surface area contributed by atoms with E-state index in [0.717, 1.165) is 18.9 Å². The second-order valence-corrected chi connectivity index (χ2v) is 5.80. The van der Waals surface area contributed by atoms with Gasteiger partial charge in [-0.3, -0.25) is 0 Å². The van der Waals surface area contributed by atoms with E-state index in [0.29, 0.717) is 6.10 Å². The first-order valence-corrected chi connectivity index (χ1v) is 7.05. The molecule has 0 aromatic heterocycles. The van der Waals surface area contributed by atoms with E-state index >= 15 is 0 Å². The lowest BCUT2D eigenvalue weighted by molar-refractivity contribution is -0.154. The van der Waals surface area contributed by atoms with Gasteiger partial charge in [0.1, 0.15) is 6.10 Å². The first kappa shape index (κ1) is 12.7. The fourth-order valence-corrected chi connectivity index (χ4v) is 3.22. The second kappa shape index (κ2) is 5.70. The van der Waals surface area contributed by atoms with Gasteiger partial charge in [-0.25, -0.2) is 0 Å². The fraction of sp³-hybridized carbons (Fsp3) is 1.00. The smallest absolute Gasteiger partial charge is 0.100 e. The standard InChI is InChI=1S/C13H23ClO2/c1-3-15-13-11(14)8-12(13)16-10-6-4-5-9(2)7-10/h9-13H,3-8H2,1-2H3. The van der Waals surface area contributed by atoms with Crippen molar-refractivity contribution in [3.05, 3.63) is 0 Å². The third-order valence-electron chi connectivity index (χ3n) is 3.80. The van der Waals surface area contributed by atoms with Gasteiger partial charge >= 0.3 is 0 Å². The van der Waals surface area contributed by atoms with Crippen molar-refractivity contribution in [1.82, 2.24) is 0 Å². The summed E-state index contributed by atoms with van der Waals surface area (Å²) >= 11 is 6.13. The number of alkyl halides is 1. The topological polar surface area (TPSA) is 18.5 Å². The molecular formula is C13H23ClO2. The molecule has 2 nitrogen and oxygen atoms in total. The summed E-state index contributed by atoms with van der Waals surface area (Å²) in [4.78, 5) is 0. The minimum Gasteiger partial charge on any atom is -0.374 e. The predicted molar refractivity (Wildman–Crippen MR) is 66.0 cm³/mol. The molecule has 0 aromatic rings. The van der Waals surface area contributed by atoms with Gasteiger partial charge in [0.15, 0.2) is 0 Å². The highest BCUT2D eigenvalue weighted by Crippen LogP contribution is 2.35. The van der Waals surface area contributed by atoms with Crippen LogP contribution in [0.25, 0.3) is 0 Å². The van der Waals surface area contributed by atoms with Gasteiger partial charge in [-0.2, -0.15) is 0 Å². The second-order valence-electron chi connectivity index (χ2n) is 5.24. The Balaban J connectivity index is 1.76. The third-order valence-corrected chi connectivity index (χ3v) is 4.22. The molecule has 0 N–H and O–H groups in total. The molecular weight excluding hydrogens is 224 g/mol. The van der Waals surface area contributed by atoms with Gasteiger partial charge in [0.25, 0.3) is 0 Å². The lowest BCUT2D eigenvalue weighted by Crippen LogP contribution is -2.52. The maximum Gasteiger partial charge on any atom is 0.100 e. The van der Waals surface area contributed by atoms with Crippen molar-refractivity contribution >= 4 is 11.6 Å². The van der Waals surface area contributed by atoms with E-state index in [4.69, 9.17) is 21.1 Å². The number of rotatable bonds is 4. The Morgan fingerprint density at radius 2 is 2.06 bits per heavy atom. The quantitative estimate of drug-likeness (QED) is 0.709. The van der Waals surface area contributed by atoms with Gasteiger partial charge in [-0.1, -0.05) is 19.8 Å².